The van der Waals surface area contributed by atoms with Gasteiger partial charge in [0.25, 0.3) is 0 Å². The molecule has 154 valence electrons. The van der Waals surface area contributed by atoms with Crippen molar-refractivity contribution in [2.75, 3.05) is 46.9 Å². The molecule has 0 bridgehead atoms. The average molecular weight is 390 g/mol. The number of carbonyl (C=O) groups is 2. The minimum Gasteiger partial charge on any atom is -0.375 e. The molecular formula is C20H31N5O3. The maximum absolute atomic E-state index is 13.1. The Bertz CT molecular complexity index is 725. The summed E-state index contributed by atoms with van der Waals surface area (Å²) in [4.78, 5) is 39.9. The van der Waals surface area contributed by atoms with Crippen molar-refractivity contribution in [1.29, 1.82) is 0 Å². The van der Waals surface area contributed by atoms with E-state index in [1.807, 2.05) is 9.80 Å². The number of aromatic amines is 1. The normalized spacial score (nSPS) is 25.0. The predicted octanol–water partition coefficient (Wildman–Crippen LogP) is 0.743. The third-order valence-electron chi connectivity index (χ3n) is 6.79. The van der Waals surface area contributed by atoms with E-state index in [2.05, 4.69) is 21.9 Å². The minimum atomic E-state index is -0.432. The second-order valence-electron chi connectivity index (χ2n) is 8.31. The highest BCUT2D eigenvalue weighted by Gasteiger charge is 2.49. The average Bonchev–Trinajstić information content (AvgIpc) is 3.19. The van der Waals surface area contributed by atoms with Gasteiger partial charge in [-0.2, -0.15) is 0 Å². The molecule has 3 aliphatic rings. The Labute approximate surface area is 166 Å². The number of nitrogens with one attached hydrogen (secondary N) is 1. The predicted molar refractivity (Wildman–Crippen MR) is 104 cm³/mol. The fraction of sp³-hybridized carbons (Fsp3) is 0.750. The van der Waals surface area contributed by atoms with Crippen LogP contribution in [0.2, 0.25) is 0 Å². The number of likely N-dealkylation sites (N-methyl/N-ethyl adjacent to an activating group) is 1. The van der Waals surface area contributed by atoms with E-state index in [0.717, 1.165) is 50.0 Å². The van der Waals surface area contributed by atoms with Crippen molar-refractivity contribution in [2.24, 2.45) is 0 Å². The zero-order valence-corrected chi connectivity index (χ0v) is 16.9. The molecule has 2 fully saturated rings. The first kappa shape index (κ1) is 19.4. The Morgan fingerprint density at radius 2 is 2.04 bits per heavy atom. The van der Waals surface area contributed by atoms with Crippen LogP contribution >= 0.6 is 0 Å². The molecule has 2 amide bonds. The van der Waals surface area contributed by atoms with Gasteiger partial charge in [-0.05, 0) is 39.3 Å². The van der Waals surface area contributed by atoms with Gasteiger partial charge >= 0.3 is 0 Å². The summed E-state index contributed by atoms with van der Waals surface area (Å²) in [7, 11) is 3.60. The van der Waals surface area contributed by atoms with Crippen molar-refractivity contribution < 1.29 is 14.3 Å². The third kappa shape index (κ3) is 3.22. The Morgan fingerprint density at radius 3 is 2.75 bits per heavy atom. The minimum absolute atomic E-state index is 0.00123. The molecule has 0 radical (unpaired) electrons. The molecule has 8 nitrogen and oxygen atoms in total. The lowest BCUT2D eigenvalue weighted by Crippen LogP contribution is -2.61. The van der Waals surface area contributed by atoms with Crippen LogP contribution in [0.15, 0.2) is 6.33 Å². The maximum Gasteiger partial charge on any atom is 0.249 e. The molecule has 1 aromatic heterocycles. The van der Waals surface area contributed by atoms with E-state index < -0.39 is 5.54 Å². The number of likely N-dealkylation sites (tertiary alicyclic amines) is 2. The summed E-state index contributed by atoms with van der Waals surface area (Å²) in [5.41, 5.74) is 1.66. The highest BCUT2D eigenvalue weighted by atomic mass is 16.5. The largest absolute Gasteiger partial charge is 0.375 e. The Balaban J connectivity index is 1.53. The lowest BCUT2D eigenvalue weighted by atomic mass is 9.78. The van der Waals surface area contributed by atoms with Gasteiger partial charge in [0.05, 0.1) is 23.6 Å². The van der Waals surface area contributed by atoms with E-state index >= 15 is 0 Å². The number of nitrogens with zero attached hydrogens (tertiary/aromatic N) is 4. The number of carbonyl (C=O) groups excluding carboxylic acids is 2. The molecule has 1 unspecified atom stereocenters. The zero-order chi connectivity index (χ0) is 19.7. The van der Waals surface area contributed by atoms with Crippen molar-refractivity contribution in [1.82, 2.24) is 24.7 Å². The number of ether oxygens (including phenoxy) is 1. The molecule has 2 saturated heterocycles. The van der Waals surface area contributed by atoms with Gasteiger partial charge in [0.1, 0.15) is 6.61 Å². The quantitative estimate of drug-likeness (QED) is 0.825. The molecule has 1 N–H and O–H groups in total. The van der Waals surface area contributed by atoms with Gasteiger partial charge < -0.3 is 19.5 Å². The number of piperidine rings is 2. The summed E-state index contributed by atoms with van der Waals surface area (Å²) in [6.45, 7) is 3.05. The van der Waals surface area contributed by atoms with Crippen molar-refractivity contribution in [3.05, 3.63) is 17.7 Å². The first-order valence-corrected chi connectivity index (χ1v) is 10.4. The number of hydrogen-bond donors (Lipinski definition) is 1. The summed E-state index contributed by atoms with van der Waals surface area (Å²) < 4.78 is 5.12. The maximum atomic E-state index is 13.1. The fourth-order valence-corrected chi connectivity index (χ4v) is 5.24. The van der Waals surface area contributed by atoms with E-state index in [9.17, 15) is 9.59 Å². The second kappa shape index (κ2) is 7.83. The zero-order valence-electron chi connectivity index (χ0n) is 16.9. The van der Waals surface area contributed by atoms with Crippen molar-refractivity contribution >= 4 is 11.8 Å². The number of methoxy groups -OCH3 is 1. The van der Waals surface area contributed by atoms with Crippen molar-refractivity contribution in [3.8, 4) is 0 Å². The summed E-state index contributed by atoms with van der Waals surface area (Å²) in [6.07, 6.45) is 7.19. The first-order chi connectivity index (χ1) is 13.6. The molecule has 0 aliphatic carbocycles. The summed E-state index contributed by atoms with van der Waals surface area (Å²) in [5.74, 6) is 0.243. The number of aromatic nitrogens is 2. The summed E-state index contributed by atoms with van der Waals surface area (Å²) in [5, 5.41) is 0. The number of rotatable bonds is 3. The molecular weight excluding hydrogens is 358 g/mol. The van der Waals surface area contributed by atoms with Crippen molar-refractivity contribution in [3.63, 3.8) is 0 Å². The van der Waals surface area contributed by atoms with Crippen molar-refractivity contribution in [2.45, 2.75) is 50.1 Å². The second-order valence-corrected chi connectivity index (χ2v) is 8.31. The van der Waals surface area contributed by atoms with Gasteiger partial charge in [0.15, 0.2) is 0 Å². The number of fused-ring (bicyclic) bond motifs is 2. The summed E-state index contributed by atoms with van der Waals surface area (Å²) in [6, 6.07) is 0.00123. The molecule has 0 saturated carbocycles. The van der Waals surface area contributed by atoms with Crippen LogP contribution in [0.25, 0.3) is 0 Å². The molecule has 4 heterocycles. The van der Waals surface area contributed by atoms with Crippen LogP contribution in [0, 0.1) is 0 Å². The van der Waals surface area contributed by atoms with E-state index in [-0.39, 0.29) is 24.5 Å². The molecule has 28 heavy (non-hydrogen) atoms. The molecule has 1 aromatic rings. The monoisotopic (exact) mass is 389 g/mol. The van der Waals surface area contributed by atoms with Crippen LogP contribution in [-0.4, -0.2) is 89.5 Å². The first-order valence-electron chi connectivity index (χ1n) is 10.4. The lowest BCUT2D eigenvalue weighted by molar-refractivity contribution is -0.149. The molecule has 8 heteroatoms. The van der Waals surface area contributed by atoms with E-state index in [0.29, 0.717) is 19.6 Å². The van der Waals surface area contributed by atoms with Gasteiger partial charge in [-0.15, -0.1) is 0 Å². The molecule has 3 aliphatic heterocycles. The molecule has 4 rings (SSSR count). The van der Waals surface area contributed by atoms with E-state index in [4.69, 9.17) is 4.74 Å². The number of hydrogen-bond acceptors (Lipinski definition) is 5. The Hall–Kier alpha value is -1.93. The van der Waals surface area contributed by atoms with Crippen LogP contribution in [0.4, 0.5) is 0 Å². The van der Waals surface area contributed by atoms with E-state index in [1.54, 1.807) is 13.4 Å². The summed E-state index contributed by atoms with van der Waals surface area (Å²) >= 11 is 0. The van der Waals surface area contributed by atoms with Gasteiger partial charge in [0.2, 0.25) is 11.8 Å². The number of imidazole rings is 1. The molecule has 1 spiro atoms. The van der Waals surface area contributed by atoms with Crippen LogP contribution < -0.4 is 0 Å². The standard InChI is InChI=1S/C20H31N5O3/c1-23-9-4-3-5-16(23)19(27)24-11-7-20(8-12-24)18-15(21-14-22-18)6-10-25(20)17(26)13-28-2/h14,16H,3-13H2,1-2H3,(H,21,22). The fourth-order valence-electron chi connectivity index (χ4n) is 5.24. The molecule has 0 aromatic carbocycles. The molecule has 1 atom stereocenters. The van der Waals surface area contributed by atoms with Crippen LogP contribution in [0.1, 0.15) is 43.5 Å². The highest BCUT2D eigenvalue weighted by Crippen LogP contribution is 2.42. The highest BCUT2D eigenvalue weighted by molar-refractivity contribution is 5.82. The smallest absolute Gasteiger partial charge is 0.249 e. The SMILES string of the molecule is COCC(=O)N1CCc2[nH]cnc2C12CCN(C(=O)C1CCCCN1C)CC2. The number of H-pyrrole nitrogens is 1. The van der Waals surface area contributed by atoms with Gasteiger partial charge in [-0.3, -0.25) is 14.5 Å². The Morgan fingerprint density at radius 1 is 1.25 bits per heavy atom. The van der Waals surface area contributed by atoms with Gasteiger partial charge in [-0.25, -0.2) is 4.98 Å². The van der Waals surface area contributed by atoms with Crippen LogP contribution in [0.3, 0.4) is 0 Å². The van der Waals surface area contributed by atoms with Crippen LogP contribution in [-0.2, 0) is 26.3 Å². The number of amides is 2. The van der Waals surface area contributed by atoms with Gasteiger partial charge in [0, 0.05) is 38.9 Å². The third-order valence-corrected chi connectivity index (χ3v) is 6.79. The topological polar surface area (TPSA) is 81.8 Å². The van der Waals surface area contributed by atoms with Crippen LogP contribution in [0.5, 0.6) is 0 Å². The van der Waals surface area contributed by atoms with E-state index in [1.165, 1.54) is 6.42 Å². The van der Waals surface area contributed by atoms with Gasteiger partial charge in [-0.1, -0.05) is 6.42 Å². The Kier molecular flexibility index (Phi) is 5.42. The lowest BCUT2D eigenvalue weighted by Gasteiger charge is -2.51.